The first-order valence-corrected chi connectivity index (χ1v) is 6.73. The Labute approximate surface area is 113 Å². The number of amides is 1. The van der Waals surface area contributed by atoms with Crippen molar-refractivity contribution in [3.05, 3.63) is 30.4 Å². The van der Waals surface area contributed by atoms with Crippen molar-refractivity contribution in [1.82, 2.24) is 14.5 Å². The van der Waals surface area contributed by atoms with Gasteiger partial charge in [0.05, 0.1) is 13.2 Å². The van der Waals surface area contributed by atoms with E-state index in [2.05, 4.69) is 17.1 Å². The smallest absolute Gasteiger partial charge is 0.226 e. The number of allylic oxidation sites excluding steroid dienone is 2. The minimum Gasteiger partial charge on any atom is -0.395 e. The summed E-state index contributed by atoms with van der Waals surface area (Å²) in [7, 11) is 1.91. The average Bonchev–Trinajstić information content (AvgIpc) is 2.84. The van der Waals surface area contributed by atoms with Crippen LogP contribution in [0.4, 0.5) is 0 Å². The summed E-state index contributed by atoms with van der Waals surface area (Å²) in [5, 5.41) is 9.15. The van der Waals surface area contributed by atoms with Crippen molar-refractivity contribution in [2.45, 2.75) is 25.8 Å². The van der Waals surface area contributed by atoms with Crippen LogP contribution in [0, 0.1) is 5.92 Å². The highest BCUT2D eigenvalue weighted by atomic mass is 16.3. The lowest BCUT2D eigenvalue weighted by molar-refractivity contribution is -0.137. The zero-order chi connectivity index (χ0) is 13.7. The summed E-state index contributed by atoms with van der Waals surface area (Å²) < 4.78 is 1.90. The molecule has 1 amide bonds. The average molecular weight is 263 g/mol. The molecule has 0 radical (unpaired) electrons. The van der Waals surface area contributed by atoms with E-state index in [4.69, 9.17) is 5.11 Å². The molecule has 5 nitrogen and oxygen atoms in total. The van der Waals surface area contributed by atoms with Gasteiger partial charge < -0.3 is 14.6 Å². The van der Waals surface area contributed by atoms with Gasteiger partial charge in [0.2, 0.25) is 5.91 Å². The summed E-state index contributed by atoms with van der Waals surface area (Å²) in [6.45, 7) is 0.813. The molecule has 1 heterocycles. The van der Waals surface area contributed by atoms with Gasteiger partial charge in [0, 0.05) is 31.9 Å². The van der Waals surface area contributed by atoms with E-state index >= 15 is 0 Å². The van der Waals surface area contributed by atoms with E-state index in [1.165, 1.54) is 0 Å². The van der Waals surface area contributed by atoms with Crippen LogP contribution < -0.4 is 0 Å². The standard InChI is InChI=1S/C14H21N3O2/c1-16-8-7-15-13(16)11-17(9-10-18)14(19)12-5-3-2-4-6-12/h2-3,7-8,12,18H,4-6,9-11H2,1H3/t12-/m0/s1. The molecule has 0 fully saturated rings. The van der Waals surface area contributed by atoms with Crippen LogP contribution >= 0.6 is 0 Å². The van der Waals surface area contributed by atoms with Crippen LogP contribution in [-0.4, -0.2) is 38.6 Å². The van der Waals surface area contributed by atoms with Gasteiger partial charge in [-0.1, -0.05) is 12.2 Å². The molecule has 1 aromatic rings. The maximum Gasteiger partial charge on any atom is 0.226 e. The molecule has 1 N–H and O–H groups in total. The van der Waals surface area contributed by atoms with Gasteiger partial charge in [0.15, 0.2) is 0 Å². The van der Waals surface area contributed by atoms with Crippen LogP contribution in [0.25, 0.3) is 0 Å². The van der Waals surface area contributed by atoms with Gasteiger partial charge in [0.25, 0.3) is 0 Å². The van der Waals surface area contributed by atoms with Crippen LogP contribution in [0.15, 0.2) is 24.5 Å². The molecule has 0 saturated carbocycles. The first-order chi connectivity index (χ1) is 9.22. The molecule has 0 spiro atoms. The summed E-state index contributed by atoms with van der Waals surface area (Å²) in [5.74, 6) is 1.02. The molecule has 1 aromatic heterocycles. The quantitative estimate of drug-likeness (QED) is 0.809. The molecule has 2 rings (SSSR count). The number of aliphatic hydroxyl groups is 1. The second-order valence-corrected chi connectivity index (χ2v) is 4.92. The normalized spacial score (nSPS) is 18.5. The van der Waals surface area contributed by atoms with Crippen LogP contribution in [0.1, 0.15) is 25.1 Å². The zero-order valence-electron chi connectivity index (χ0n) is 11.3. The van der Waals surface area contributed by atoms with Gasteiger partial charge in [-0.2, -0.15) is 0 Å². The fourth-order valence-electron chi connectivity index (χ4n) is 2.38. The van der Waals surface area contributed by atoms with Crippen molar-refractivity contribution in [3.8, 4) is 0 Å². The first kappa shape index (κ1) is 13.8. The molecule has 0 saturated heterocycles. The number of aliphatic hydroxyl groups excluding tert-OH is 1. The summed E-state index contributed by atoms with van der Waals surface area (Å²) in [6.07, 6.45) is 10.5. The van der Waals surface area contributed by atoms with E-state index < -0.39 is 0 Å². The Morgan fingerprint density at radius 3 is 3.00 bits per heavy atom. The van der Waals surface area contributed by atoms with E-state index in [9.17, 15) is 4.79 Å². The number of imidazole rings is 1. The summed E-state index contributed by atoms with van der Waals surface area (Å²) in [4.78, 5) is 18.4. The summed E-state index contributed by atoms with van der Waals surface area (Å²) >= 11 is 0. The monoisotopic (exact) mass is 263 g/mol. The van der Waals surface area contributed by atoms with Gasteiger partial charge in [-0.25, -0.2) is 4.98 Å². The van der Waals surface area contributed by atoms with Crippen molar-refractivity contribution in [2.24, 2.45) is 13.0 Å². The molecule has 1 atom stereocenters. The number of hydrogen-bond acceptors (Lipinski definition) is 3. The maximum absolute atomic E-state index is 12.5. The van der Waals surface area contributed by atoms with Gasteiger partial charge >= 0.3 is 0 Å². The molecule has 1 aliphatic carbocycles. The first-order valence-electron chi connectivity index (χ1n) is 6.73. The van der Waals surface area contributed by atoms with E-state index in [1.54, 1.807) is 11.1 Å². The number of aromatic nitrogens is 2. The molecule has 19 heavy (non-hydrogen) atoms. The number of hydrogen-bond donors (Lipinski definition) is 1. The fraction of sp³-hybridized carbons (Fsp3) is 0.571. The second kappa shape index (κ2) is 6.52. The Kier molecular flexibility index (Phi) is 4.74. The number of carbonyl (C=O) groups is 1. The SMILES string of the molecule is Cn1ccnc1CN(CCO)C(=O)[C@H]1CC=CCC1. The van der Waals surface area contributed by atoms with Crippen molar-refractivity contribution in [2.75, 3.05) is 13.2 Å². The van der Waals surface area contributed by atoms with Gasteiger partial charge in [-0.05, 0) is 19.3 Å². The van der Waals surface area contributed by atoms with Crippen LogP contribution in [-0.2, 0) is 18.4 Å². The third-order valence-electron chi connectivity index (χ3n) is 3.55. The third kappa shape index (κ3) is 3.44. The Morgan fingerprint density at radius 1 is 1.58 bits per heavy atom. The Morgan fingerprint density at radius 2 is 2.42 bits per heavy atom. The lowest BCUT2D eigenvalue weighted by Crippen LogP contribution is -2.38. The van der Waals surface area contributed by atoms with Crippen LogP contribution in [0.2, 0.25) is 0 Å². The minimum atomic E-state index is -0.0152. The number of carbonyl (C=O) groups excluding carboxylic acids is 1. The third-order valence-corrected chi connectivity index (χ3v) is 3.55. The lowest BCUT2D eigenvalue weighted by Gasteiger charge is -2.27. The highest BCUT2D eigenvalue weighted by molar-refractivity contribution is 5.79. The fourth-order valence-corrected chi connectivity index (χ4v) is 2.38. The topological polar surface area (TPSA) is 58.4 Å². The molecule has 0 aliphatic heterocycles. The van der Waals surface area contributed by atoms with Crippen LogP contribution in [0.3, 0.4) is 0 Å². The predicted octanol–water partition coefficient (Wildman–Crippen LogP) is 1.10. The Hall–Kier alpha value is -1.62. The molecule has 104 valence electrons. The molecular weight excluding hydrogens is 242 g/mol. The van der Waals surface area contributed by atoms with E-state index in [0.717, 1.165) is 25.1 Å². The Balaban J connectivity index is 2.04. The molecule has 0 bridgehead atoms. The van der Waals surface area contributed by atoms with Crippen molar-refractivity contribution >= 4 is 5.91 Å². The highest BCUT2D eigenvalue weighted by Crippen LogP contribution is 2.21. The number of rotatable bonds is 5. The maximum atomic E-state index is 12.5. The molecule has 5 heteroatoms. The van der Waals surface area contributed by atoms with E-state index in [1.807, 2.05) is 17.8 Å². The van der Waals surface area contributed by atoms with Crippen LogP contribution in [0.5, 0.6) is 0 Å². The van der Waals surface area contributed by atoms with Gasteiger partial charge in [-0.3, -0.25) is 4.79 Å². The minimum absolute atomic E-state index is 0.0152. The number of aryl methyl sites for hydroxylation is 1. The Bertz CT molecular complexity index is 453. The largest absolute Gasteiger partial charge is 0.395 e. The molecule has 0 aromatic carbocycles. The zero-order valence-corrected chi connectivity index (χ0v) is 11.3. The predicted molar refractivity (Wildman–Crippen MR) is 72.2 cm³/mol. The number of nitrogens with zero attached hydrogens (tertiary/aromatic N) is 3. The summed E-state index contributed by atoms with van der Waals surface area (Å²) in [5.41, 5.74) is 0. The van der Waals surface area contributed by atoms with Crippen molar-refractivity contribution < 1.29 is 9.90 Å². The molecular formula is C14H21N3O2. The lowest BCUT2D eigenvalue weighted by atomic mass is 9.93. The highest BCUT2D eigenvalue weighted by Gasteiger charge is 2.24. The molecule has 1 aliphatic rings. The van der Waals surface area contributed by atoms with Crippen molar-refractivity contribution in [1.29, 1.82) is 0 Å². The molecule has 0 unspecified atom stereocenters. The van der Waals surface area contributed by atoms with E-state index in [-0.39, 0.29) is 18.4 Å². The van der Waals surface area contributed by atoms with Gasteiger partial charge in [0.1, 0.15) is 5.82 Å². The van der Waals surface area contributed by atoms with E-state index in [0.29, 0.717) is 13.1 Å². The second-order valence-electron chi connectivity index (χ2n) is 4.92. The van der Waals surface area contributed by atoms with Crippen molar-refractivity contribution in [3.63, 3.8) is 0 Å². The summed E-state index contributed by atoms with van der Waals surface area (Å²) in [6, 6.07) is 0. The van der Waals surface area contributed by atoms with Gasteiger partial charge in [-0.15, -0.1) is 0 Å².